The molecule has 2 rings (SSSR count). The number of ether oxygens (including phenoxy) is 1. The molecule has 3 N–H and O–H groups in total. The van der Waals surface area contributed by atoms with Gasteiger partial charge in [-0.25, -0.2) is 0 Å². The van der Waals surface area contributed by atoms with Crippen LogP contribution in [0.15, 0.2) is 24.8 Å². The van der Waals surface area contributed by atoms with E-state index in [4.69, 9.17) is 9.84 Å². The van der Waals surface area contributed by atoms with Crippen molar-refractivity contribution in [1.29, 1.82) is 0 Å². The van der Waals surface area contributed by atoms with Gasteiger partial charge in [0, 0.05) is 18.8 Å². The number of hydrogen-bond donors (Lipinski definition) is 3. The fraction of sp³-hybridized carbons (Fsp3) is 0.783. The number of Topliss-reactive ketones (excluding diaryl/α,β-unsaturated/α-hetero) is 1. The Morgan fingerprint density at radius 2 is 2.07 bits per heavy atom. The van der Waals surface area contributed by atoms with Crippen molar-refractivity contribution >= 4 is 5.78 Å². The molecule has 1 aliphatic heterocycles. The summed E-state index contributed by atoms with van der Waals surface area (Å²) in [5.74, 6) is 0.296. The van der Waals surface area contributed by atoms with Gasteiger partial charge in [0.25, 0.3) is 0 Å². The van der Waals surface area contributed by atoms with Crippen molar-refractivity contribution in [2.75, 3.05) is 6.61 Å². The second-order valence-corrected chi connectivity index (χ2v) is 8.56. The molecule has 28 heavy (non-hydrogen) atoms. The van der Waals surface area contributed by atoms with Crippen LogP contribution in [0.5, 0.6) is 0 Å². The van der Waals surface area contributed by atoms with Gasteiger partial charge in [-0.1, -0.05) is 44.4 Å². The van der Waals surface area contributed by atoms with Gasteiger partial charge in [-0.05, 0) is 38.0 Å². The zero-order chi connectivity index (χ0) is 20.6. The number of aliphatic hydroxyl groups is 3. The van der Waals surface area contributed by atoms with Crippen LogP contribution >= 0.6 is 0 Å². The number of aliphatic hydroxyl groups excluding tert-OH is 2. The van der Waals surface area contributed by atoms with Gasteiger partial charge >= 0.3 is 0 Å². The topological polar surface area (TPSA) is 87.0 Å². The van der Waals surface area contributed by atoms with Gasteiger partial charge in [-0.3, -0.25) is 4.79 Å². The summed E-state index contributed by atoms with van der Waals surface area (Å²) in [4.78, 5) is 11.2. The van der Waals surface area contributed by atoms with Gasteiger partial charge in [-0.15, -0.1) is 6.58 Å². The average molecular weight is 395 g/mol. The Hall–Kier alpha value is -1.01. The van der Waals surface area contributed by atoms with E-state index < -0.39 is 5.60 Å². The molecule has 1 heterocycles. The Labute approximate surface area is 169 Å². The summed E-state index contributed by atoms with van der Waals surface area (Å²) in [6.07, 6.45) is 13.5. The maximum absolute atomic E-state index is 11.2. The molecule has 0 bridgehead atoms. The fourth-order valence-electron chi connectivity index (χ4n) is 4.60. The van der Waals surface area contributed by atoms with Crippen molar-refractivity contribution in [1.82, 2.24) is 0 Å². The molecule has 2 fully saturated rings. The molecule has 1 aliphatic carbocycles. The number of carbonyl (C=O) groups excluding carboxylic acids is 1. The number of fused-ring (bicyclic) bond motifs is 1. The Kier molecular flexibility index (Phi) is 9.35. The van der Waals surface area contributed by atoms with E-state index in [1.54, 1.807) is 6.08 Å². The van der Waals surface area contributed by atoms with E-state index in [0.717, 1.165) is 38.5 Å². The number of ketones is 1. The molecule has 1 unspecified atom stereocenters. The summed E-state index contributed by atoms with van der Waals surface area (Å²) in [6.45, 7) is 5.52. The fourth-order valence-corrected chi connectivity index (χ4v) is 4.60. The van der Waals surface area contributed by atoms with Crippen molar-refractivity contribution in [3.63, 3.8) is 0 Å². The Bertz CT molecular complexity index is 531. The summed E-state index contributed by atoms with van der Waals surface area (Å²) in [5.41, 5.74) is -0.865. The van der Waals surface area contributed by atoms with Crippen LogP contribution in [-0.4, -0.2) is 51.6 Å². The lowest BCUT2D eigenvalue weighted by molar-refractivity contribution is -0.121. The first-order chi connectivity index (χ1) is 13.4. The lowest BCUT2D eigenvalue weighted by Gasteiger charge is -2.23. The smallest absolute Gasteiger partial charge is 0.158 e. The minimum absolute atomic E-state index is 0.0752. The molecular formula is C23H38O5. The van der Waals surface area contributed by atoms with Crippen LogP contribution in [0.4, 0.5) is 0 Å². The SMILES string of the molecule is C=CC(O)(CC=C[C@@H]1[C@H]2C[C@H](CCCCC(=O)CO)O[C@@H]2C[C@H]1O)CCCC. The van der Waals surface area contributed by atoms with Gasteiger partial charge < -0.3 is 20.1 Å². The minimum atomic E-state index is -0.865. The Morgan fingerprint density at radius 1 is 1.29 bits per heavy atom. The Balaban J connectivity index is 1.81. The van der Waals surface area contributed by atoms with Crippen molar-refractivity contribution in [2.24, 2.45) is 11.8 Å². The first-order valence-electron chi connectivity index (χ1n) is 10.9. The second kappa shape index (κ2) is 11.2. The van der Waals surface area contributed by atoms with Crippen LogP contribution in [0.1, 0.15) is 71.1 Å². The molecule has 0 radical (unpaired) electrons. The van der Waals surface area contributed by atoms with Crippen molar-refractivity contribution in [3.8, 4) is 0 Å². The lowest BCUT2D eigenvalue weighted by Crippen LogP contribution is -2.25. The predicted octanol–water partition coefficient (Wildman–Crippen LogP) is 3.32. The first-order valence-corrected chi connectivity index (χ1v) is 10.9. The highest BCUT2D eigenvalue weighted by atomic mass is 16.5. The molecule has 5 nitrogen and oxygen atoms in total. The van der Waals surface area contributed by atoms with E-state index in [1.807, 2.05) is 6.08 Å². The number of carbonyl (C=O) groups is 1. The largest absolute Gasteiger partial charge is 0.392 e. The second-order valence-electron chi connectivity index (χ2n) is 8.56. The number of hydrogen-bond acceptors (Lipinski definition) is 5. The third-order valence-electron chi connectivity index (χ3n) is 6.37. The molecule has 0 aromatic rings. The van der Waals surface area contributed by atoms with Crippen LogP contribution in [0.25, 0.3) is 0 Å². The maximum atomic E-state index is 11.2. The van der Waals surface area contributed by atoms with Crippen LogP contribution < -0.4 is 0 Å². The summed E-state index contributed by atoms with van der Waals surface area (Å²) in [6, 6.07) is 0. The third kappa shape index (κ3) is 6.51. The molecule has 1 saturated heterocycles. The van der Waals surface area contributed by atoms with Crippen LogP contribution in [0.3, 0.4) is 0 Å². The normalized spacial score (nSPS) is 31.8. The molecule has 0 aromatic carbocycles. The van der Waals surface area contributed by atoms with Crippen molar-refractivity contribution in [3.05, 3.63) is 24.8 Å². The van der Waals surface area contributed by atoms with Gasteiger partial charge in [0.2, 0.25) is 0 Å². The summed E-state index contributed by atoms with van der Waals surface area (Å²) < 4.78 is 6.15. The quantitative estimate of drug-likeness (QED) is 0.329. The highest BCUT2D eigenvalue weighted by molar-refractivity contribution is 5.79. The van der Waals surface area contributed by atoms with Gasteiger partial charge in [0.15, 0.2) is 5.78 Å². The van der Waals surface area contributed by atoms with E-state index in [0.29, 0.717) is 31.6 Å². The van der Waals surface area contributed by atoms with Gasteiger partial charge in [0.1, 0.15) is 6.61 Å². The van der Waals surface area contributed by atoms with Crippen LogP contribution in [0.2, 0.25) is 0 Å². The third-order valence-corrected chi connectivity index (χ3v) is 6.37. The molecule has 0 amide bonds. The average Bonchev–Trinajstić information content (AvgIpc) is 3.20. The number of unbranched alkanes of at least 4 members (excludes halogenated alkanes) is 2. The molecule has 5 heteroatoms. The highest BCUT2D eigenvalue weighted by Gasteiger charge is 2.47. The lowest BCUT2D eigenvalue weighted by atomic mass is 9.87. The van der Waals surface area contributed by atoms with E-state index in [9.17, 15) is 15.0 Å². The van der Waals surface area contributed by atoms with E-state index in [-0.39, 0.29) is 36.6 Å². The summed E-state index contributed by atoms with van der Waals surface area (Å²) in [7, 11) is 0. The van der Waals surface area contributed by atoms with Crippen LogP contribution in [-0.2, 0) is 9.53 Å². The van der Waals surface area contributed by atoms with Crippen molar-refractivity contribution < 1.29 is 24.9 Å². The minimum Gasteiger partial charge on any atom is -0.392 e. The van der Waals surface area contributed by atoms with Crippen LogP contribution in [0, 0.1) is 11.8 Å². The molecule has 0 aromatic heterocycles. The summed E-state index contributed by atoms with van der Waals surface area (Å²) in [5, 5.41) is 29.8. The molecular weight excluding hydrogens is 356 g/mol. The van der Waals surface area contributed by atoms with Crippen molar-refractivity contribution in [2.45, 2.75) is 95.0 Å². The number of rotatable bonds is 13. The van der Waals surface area contributed by atoms with E-state index in [1.165, 1.54) is 0 Å². The van der Waals surface area contributed by atoms with Gasteiger partial charge in [-0.2, -0.15) is 0 Å². The molecule has 0 spiro atoms. The molecule has 160 valence electrons. The zero-order valence-corrected chi connectivity index (χ0v) is 17.3. The molecule has 6 atom stereocenters. The van der Waals surface area contributed by atoms with E-state index in [2.05, 4.69) is 19.6 Å². The van der Waals surface area contributed by atoms with E-state index >= 15 is 0 Å². The Morgan fingerprint density at radius 3 is 2.75 bits per heavy atom. The first kappa shape index (κ1) is 23.3. The van der Waals surface area contributed by atoms with Gasteiger partial charge in [0.05, 0.1) is 23.9 Å². The highest BCUT2D eigenvalue weighted by Crippen LogP contribution is 2.45. The molecule has 1 saturated carbocycles. The molecule has 2 aliphatic rings. The zero-order valence-electron chi connectivity index (χ0n) is 17.3. The maximum Gasteiger partial charge on any atom is 0.158 e. The standard InChI is InChI=1S/C23H38O5/c1-3-5-12-23(27,4-2)13-8-11-19-20-14-18(28-22(20)15-21(19)26)10-7-6-9-17(25)16-24/h4,8,11,18-22,24,26-27H,2-3,5-7,9-10,12-16H2,1H3/t18-,19+,20+,21+,22+,23?/m0/s1. The summed E-state index contributed by atoms with van der Waals surface area (Å²) >= 11 is 0. The predicted molar refractivity (Wildman–Crippen MR) is 110 cm³/mol. The monoisotopic (exact) mass is 394 g/mol.